The number of ether oxygens (including phenoxy) is 1. The van der Waals surface area contributed by atoms with Gasteiger partial charge in [0, 0.05) is 36.7 Å². The number of H-pyrrole nitrogens is 1. The second kappa shape index (κ2) is 6.40. The van der Waals surface area contributed by atoms with Crippen molar-refractivity contribution in [2.24, 2.45) is 0 Å². The molecular formula is C19H23N3O2. The van der Waals surface area contributed by atoms with E-state index >= 15 is 0 Å². The molecule has 0 amide bonds. The number of rotatable bonds is 5. The third kappa shape index (κ3) is 3.08. The predicted octanol–water partition coefficient (Wildman–Crippen LogP) is 2.60. The lowest BCUT2D eigenvalue weighted by atomic mass is 10.0. The van der Waals surface area contributed by atoms with Gasteiger partial charge in [-0.1, -0.05) is 18.2 Å². The number of aromatic amines is 1. The summed E-state index contributed by atoms with van der Waals surface area (Å²) >= 11 is 0. The Morgan fingerprint density at radius 1 is 1.33 bits per heavy atom. The van der Waals surface area contributed by atoms with E-state index in [2.05, 4.69) is 16.0 Å². The zero-order chi connectivity index (χ0) is 16.5. The van der Waals surface area contributed by atoms with Crippen LogP contribution in [0.15, 0.2) is 29.1 Å². The molecule has 1 aromatic heterocycles. The molecular weight excluding hydrogens is 302 g/mol. The summed E-state index contributed by atoms with van der Waals surface area (Å²) < 4.78 is 5.73. The number of benzene rings is 1. The van der Waals surface area contributed by atoms with Gasteiger partial charge in [0.1, 0.15) is 11.6 Å². The van der Waals surface area contributed by atoms with Crippen LogP contribution in [0.3, 0.4) is 0 Å². The molecule has 0 radical (unpaired) electrons. The van der Waals surface area contributed by atoms with Crippen LogP contribution < -0.4 is 10.3 Å². The Morgan fingerprint density at radius 3 is 2.96 bits per heavy atom. The molecule has 0 saturated heterocycles. The van der Waals surface area contributed by atoms with Crippen LogP contribution in [0.1, 0.15) is 48.3 Å². The highest BCUT2D eigenvalue weighted by molar-refractivity contribution is 5.33. The van der Waals surface area contributed by atoms with E-state index in [0.29, 0.717) is 12.5 Å². The third-order valence-electron chi connectivity index (χ3n) is 4.80. The fraction of sp³-hybridized carbons (Fsp3) is 0.474. The molecule has 0 atom stereocenters. The average molecular weight is 325 g/mol. The second-order valence-electron chi connectivity index (χ2n) is 6.65. The molecule has 126 valence electrons. The van der Waals surface area contributed by atoms with E-state index in [1.54, 1.807) is 0 Å². The molecule has 2 aliphatic rings. The van der Waals surface area contributed by atoms with Crippen LogP contribution in [-0.2, 0) is 19.5 Å². The monoisotopic (exact) mass is 325 g/mol. The van der Waals surface area contributed by atoms with E-state index < -0.39 is 0 Å². The molecule has 1 N–H and O–H groups in total. The number of fused-ring (bicyclic) bond motifs is 1. The van der Waals surface area contributed by atoms with Gasteiger partial charge < -0.3 is 9.72 Å². The number of nitrogens with zero attached hydrogens (tertiary/aromatic N) is 2. The smallest absolute Gasteiger partial charge is 0.254 e. The van der Waals surface area contributed by atoms with Gasteiger partial charge in [-0.15, -0.1) is 0 Å². The van der Waals surface area contributed by atoms with Crippen molar-refractivity contribution in [1.29, 1.82) is 0 Å². The van der Waals surface area contributed by atoms with Gasteiger partial charge in [0.15, 0.2) is 0 Å². The number of hydrogen-bond donors (Lipinski definition) is 1. The summed E-state index contributed by atoms with van der Waals surface area (Å²) in [6.07, 6.45) is 3.06. The fourth-order valence-electron chi connectivity index (χ4n) is 3.37. The van der Waals surface area contributed by atoms with E-state index in [-0.39, 0.29) is 5.56 Å². The van der Waals surface area contributed by atoms with Gasteiger partial charge in [-0.25, -0.2) is 4.98 Å². The molecule has 24 heavy (non-hydrogen) atoms. The van der Waals surface area contributed by atoms with Crippen LogP contribution in [-0.4, -0.2) is 28.0 Å². The highest BCUT2D eigenvalue weighted by Gasteiger charge is 2.29. The molecule has 5 nitrogen and oxygen atoms in total. The van der Waals surface area contributed by atoms with E-state index in [9.17, 15) is 4.79 Å². The molecule has 0 unspecified atom stereocenters. The first kappa shape index (κ1) is 15.4. The summed E-state index contributed by atoms with van der Waals surface area (Å²) in [4.78, 5) is 22.4. The first-order chi connectivity index (χ1) is 11.7. The lowest BCUT2D eigenvalue weighted by molar-refractivity contribution is 0.234. The zero-order valence-corrected chi connectivity index (χ0v) is 14.0. The topological polar surface area (TPSA) is 58.2 Å². The Morgan fingerprint density at radius 2 is 2.17 bits per heavy atom. The van der Waals surface area contributed by atoms with Crippen LogP contribution in [0.5, 0.6) is 5.75 Å². The zero-order valence-electron chi connectivity index (χ0n) is 14.0. The summed E-state index contributed by atoms with van der Waals surface area (Å²) in [5.41, 5.74) is 3.08. The molecule has 2 heterocycles. The number of hydrogen-bond acceptors (Lipinski definition) is 4. The minimum atomic E-state index is 0.0660. The van der Waals surface area contributed by atoms with Crippen molar-refractivity contribution >= 4 is 0 Å². The Kier molecular flexibility index (Phi) is 4.10. The molecule has 1 saturated carbocycles. The average Bonchev–Trinajstić information content (AvgIpc) is 3.41. The number of aromatic nitrogens is 2. The highest BCUT2D eigenvalue weighted by Crippen LogP contribution is 2.37. The van der Waals surface area contributed by atoms with Gasteiger partial charge in [0.25, 0.3) is 5.56 Å². The van der Waals surface area contributed by atoms with Gasteiger partial charge in [-0.2, -0.15) is 0 Å². The van der Waals surface area contributed by atoms with Gasteiger partial charge in [0.2, 0.25) is 0 Å². The van der Waals surface area contributed by atoms with E-state index in [1.165, 1.54) is 5.56 Å². The van der Waals surface area contributed by atoms with Crippen molar-refractivity contribution in [1.82, 2.24) is 14.9 Å². The third-order valence-corrected chi connectivity index (χ3v) is 4.80. The molecule has 0 spiro atoms. The molecule has 1 aromatic carbocycles. The predicted molar refractivity (Wildman–Crippen MR) is 92.3 cm³/mol. The first-order valence-corrected chi connectivity index (χ1v) is 8.79. The first-order valence-electron chi connectivity index (χ1n) is 8.79. The van der Waals surface area contributed by atoms with Gasteiger partial charge in [0.05, 0.1) is 12.3 Å². The van der Waals surface area contributed by atoms with Gasteiger partial charge >= 0.3 is 0 Å². The van der Waals surface area contributed by atoms with E-state index in [4.69, 9.17) is 9.72 Å². The maximum Gasteiger partial charge on any atom is 0.254 e. The largest absolute Gasteiger partial charge is 0.494 e. The van der Waals surface area contributed by atoms with Crippen molar-refractivity contribution in [3.05, 3.63) is 57.3 Å². The number of nitrogens with one attached hydrogen (secondary N) is 1. The standard InChI is InChI=1S/C19H23N3O2/c1-2-24-17-6-4-3-5-14(17)11-22-10-9-15-16(12-22)20-18(13-7-8-13)21-19(15)23/h3-6,13H,2,7-12H2,1H3,(H,20,21,23). The Bertz CT molecular complexity index is 795. The Hall–Kier alpha value is -2.14. The lowest BCUT2D eigenvalue weighted by Crippen LogP contribution is -2.35. The summed E-state index contributed by atoms with van der Waals surface area (Å²) in [6, 6.07) is 8.18. The molecule has 1 fully saturated rings. The SMILES string of the molecule is CCOc1ccccc1CN1CCc2c(nc(C3CC3)[nH]c2=O)C1. The molecule has 2 aromatic rings. The highest BCUT2D eigenvalue weighted by atomic mass is 16.5. The quantitative estimate of drug-likeness (QED) is 0.918. The number of para-hydroxylation sites is 1. The minimum Gasteiger partial charge on any atom is -0.494 e. The lowest BCUT2D eigenvalue weighted by Gasteiger charge is -2.28. The molecule has 4 rings (SSSR count). The van der Waals surface area contributed by atoms with Crippen molar-refractivity contribution < 1.29 is 4.74 Å². The van der Waals surface area contributed by atoms with E-state index in [1.807, 2.05) is 25.1 Å². The maximum atomic E-state index is 12.3. The maximum absolute atomic E-state index is 12.3. The summed E-state index contributed by atoms with van der Waals surface area (Å²) in [5, 5.41) is 0. The van der Waals surface area contributed by atoms with Crippen molar-refractivity contribution in [3.8, 4) is 5.75 Å². The van der Waals surface area contributed by atoms with E-state index in [0.717, 1.165) is 61.7 Å². The molecule has 1 aliphatic carbocycles. The Labute approximate surface area is 141 Å². The molecule has 0 bridgehead atoms. The van der Waals surface area contributed by atoms with Crippen LogP contribution in [0.4, 0.5) is 0 Å². The summed E-state index contributed by atoms with van der Waals surface area (Å²) in [7, 11) is 0. The van der Waals surface area contributed by atoms with Gasteiger partial charge in [-0.3, -0.25) is 9.69 Å². The minimum absolute atomic E-state index is 0.0660. The second-order valence-corrected chi connectivity index (χ2v) is 6.65. The molecule has 5 heteroatoms. The van der Waals surface area contributed by atoms with Gasteiger partial charge in [-0.05, 0) is 32.3 Å². The fourth-order valence-corrected chi connectivity index (χ4v) is 3.37. The van der Waals surface area contributed by atoms with Crippen LogP contribution in [0.2, 0.25) is 0 Å². The van der Waals surface area contributed by atoms with Crippen LogP contribution in [0, 0.1) is 0 Å². The normalized spacial score (nSPS) is 17.5. The van der Waals surface area contributed by atoms with Crippen molar-refractivity contribution in [2.45, 2.75) is 45.2 Å². The summed E-state index contributed by atoms with van der Waals surface area (Å²) in [5.74, 6) is 2.30. The summed E-state index contributed by atoms with van der Waals surface area (Å²) in [6.45, 7) is 5.11. The van der Waals surface area contributed by atoms with Crippen molar-refractivity contribution in [2.75, 3.05) is 13.2 Å². The van der Waals surface area contributed by atoms with Crippen molar-refractivity contribution in [3.63, 3.8) is 0 Å². The van der Waals surface area contributed by atoms with Crippen LogP contribution in [0.25, 0.3) is 0 Å². The molecule has 1 aliphatic heterocycles. The Balaban J connectivity index is 1.55. The van der Waals surface area contributed by atoms with Crippen LogP contribution >= 0.6 is 0 Å².